The second-order valence-electron chi connectivity index (χ2n) is 9.46. The molecule has 3 aromatic rings. The number of aryl methyl sites for hydroxylation is 1. The summed E-state index contributed by atoms with van der Waals surface area (Å²) in [6.45, 7) is 7.60. The van der Waals surface area contributed by atoms with E-state index in [1.165, 1.54) is 5.56 Å². The molecule has 1 saturated heterocycles. The molecule has 2 aromatic heterocycles. The van der Waals surface area contributed by atoms with Crippen molar-refractivity contribution in [3.8, 4) is 0 Å². The van der Waals surface area contributed by atoms with E-state index in [0.29, 0.717) is 11.6 Å². The molecule has 0 saturated carbocycles. The minimum atomic E-state index is 0.0467. The summed E-state index contributed by atoms with van der Waals surface area (Å²) < 4.78 is 1.97. The quantitative estimate of drug-likeness (QED) is 0.593. The molecule has 8 nitrogen and oxygen atoms in total. The highest BCUT2D eigenvalue weighted by atomic mass is 16.1. The number of aromatic nitrogens is 3. The highest BCUT2D eigenvalue weighted by Gasteiger charge is 2.28. The zero-order valence-electron chi connectivity index (χ0n) is 19.2. The first-order valence-electron chi connectivity index (χ1n) is 12.2. The van der Waals surface area contributed by atoms with Crippen molar-refractivity contribution in [3.05, 3.63) is 46.4 Å². The number of piperidine rings is 1. The Hall–Kier alpha value is -3.13. The second kappa shape index (κ2) is 8.33. The lowest BCUT2D eigenvalue weighted by atomic mass is 10.0. The number of benzene rings is 1. The molecule has 8 heteroatoms. The summed E-state index contributed by atoms with van der Waals surface area (Å²) in [6, 6.07) is 8.38. The number of rotatable bonds is 1. The molecule has 4 bridgehead atoms. The van der Waals surface area contributed by atoms with E-state index in [4.69, 9.17) is 4.98 Å². The monoisotopic (exact) mass is 445 g/mol. The molecule has 5 heterocycles. The summed E-state index contributed by atoms with van der Waals surface area (Å²) >= 11 is 0. The van der Waals surface area contributed by atoms with Gasteiger partial charge < -0.3 is 20.4 Å². The molecule has 3 aliphatic rings. The van der Waals surface area contributed by atoms with Crippen LogP contribution in [0.15, 0.2) is 35.3 Å². The molecule has 0 amide bonds. The normalized spacial score (nSPS) is 22.6. The molecule has 33 heavy (non-hydrogen) atoms. The van der Waals surface area contributed by atoms with Gasteiger partial charge in [0.05, 0.1) is 17.4 Å². The minimum Gasteiger partial charge on any atom is -0.381 e. The molecule has 2 unspecified atom stereocenters. The molecular weight excluding hydrogens is 414 g/mol. The molecule has 3 aliphatic heterocycles. The Balaban J connectivity index is 1.55. The van der Waals surface area contributed by atoms with Crippen molar-refractivity contribution >= 4 is 34.0 Å². The summed E-state index contributed by atoms with van der Waals surface area (Å²) in [5.41, 5.74) is 4.86. The number of para-hydroxylation sites is 1. The smallest absolute Gasteiger partial charge is 0.276 e. The molecule has 0 aliphatic carbocycles. The van der Waals surface area contributed by atoms with Crippen LogP contribution in [-0.4, -0.2) is 58.7 Å². The lowest BCUT2D eigenvalue weighted by molar-refractivity contribution is 0.175. The molecule has 2 atom stereocenters. The van der Waals surface area contributed by atoms with Crippen LogP contribution in [0.2, 0.25) is 0 Å². The summed E-state index contributed by atoms with van der Waals surface area (Å²) in [4.78, 5) is 28.3. The zero-order chi connectivity index (χ0) is 22.4. The van der Waals surface area contributed by atoms with E-state index < -0.39 is 0 Å². The summed E-state index contributed by atoms with van der Waals surface area (Å²) in [7, 11) is 0. The minimum absolute atomic E-state index is 0.0467. The maximum absolute atomic E-state index is 14.2. The SMILES string of the molecule is Cc1cccc2c1NCCN2c1cc2cnc3nc2n(c1=O)C1CCCN(CCCCN3)C1. The molecule has 172 valence electrons. The summed E-state index contributed by atoms with van der Waals surface area (Å²) in [5.74, 6) is 0.611. The number of hydrogen-bond donors (Lipinski definition) is 2. The number of anilines is 4. The van der Waals surface area contributed by atoms with Crippen LogP contribution in [0.25, 0.3) is 11.0 Å². The molecular formula is C25H31N7O. The van der Waals surface area contributed by atoms with E-state index in [1.54, 1.807) is 0 Å². The van der Waals surface area contributed by atoms with Crippen LogP contribution in [0.4, 0.5) is 23.0 Å². The number of nitrogens with one attached hydrogen (secondary N) is 2. The first-order chi connectivity index (χ1) is 16.2. The Kier molecular flexibility index (Phi) is 5.17. The molecule has 2 N–H and O–H groups in total. The highest BCUT2D eigenvalue weighted by molar-refractivity contribution is 5.85. The van der Waals surface area contributed by atoms with E-state index in [0.717, 1.165) is 87.4 Å². The second-order valence-corrected chi connectivity index (χ2v) is 9.46. The van der Waals surface area contributed by atoms with Crippen LogP contribution in [0.3, 0.4) is 0 Å². The number of fused-ring (bicyclic) bond motifs is 5. The van der Waals surface area contributed by atoms with Crippen LogP contribution >= 0.6 is 0 Å². The number of hydrogen-bond acceptors (Lipinski definition) is 7. The van der Waals surface area contributed by atoms with Gasteiger partial charge in [-0.05, 0) is 63.4 Å². The lowest BCUT2D eigenvalue weighted by Gasteiger charge is -2.36. The Morgan fingerprint density at radius 2 is 1.94 bits per heavy atom. The van der Waals surface area contributed by atoms with E-state index in [9.17, 15) is 4.79 Å². The average Bonchev–Trinajstić information content (AvgIpc) is 2.83. The fraction of sp³-hybridized carbons (Fsp3) is 0.480. The van der Waals surface area contributed by atoms with E-state index in [-0.39, 0.29) is 11.6 Å². The molecule has 1 fully saturated rings. The van der Waals surface area contributed by atoms with Crippen LogP contribution in [-0.2, 0) is 0 Å². The van der Waals surface area contributed by atoms with Crippen molar-refractivity contribution in [3.63, 3.8) is 0 Å². The fourth-order valence-corrected chi connectivity index (χ4v) is 5.60. The van der Waals surface area contributed by atoms with Gasteiger partial charge in [0.25, 0.3) is 5.56 Å². The van der Waals surface area contributed by atoms with Gasteiger partial charge in [-0.2, -0.15) is 4.98 Å². The predicted octanol–water partition coefficient (Wildman–Crippen LogP) is 3.51. The van der Waals surface area contributed by atoms with Gasteiger partial charge in [-0.1, -0.05) is 12.1 Å². The van der Waals surface area contributed by atoms with Gasteiger partial charge in [-0.25, -0.2) is 4.98 Å². The average molecular weight is 446 g/mol. The van der Waals surface area contributed by atoms with Crippen molar-refractivity contribution in [2.24, 2.45) is 0 Å². The van der Waals surface area contributed by atoms with Crippen molar-refractivity contribution in [1.82, 2.24) is 19.4 Å². The topological polar surface area (TPSA) is 78.3 Å². The van der Waals surface area contributed by atoms with Gasteiger partial charge in [0, 0.05) is 37.8 Å². The Morgan fingerprint density at radius 3 is 2.88 bits per heavy atom. The largest absolute Gasteiger partial charge is 0.381 e. The molecule has 0 radical (unpaired) electrons. The van der Waals surface area contributed by atoms with Gasteiger partial charge >= 0.3 is 0 Å². The van der Waals surface area contributed by atoms with Crippen LogP contribution in [0.5, 0.6) is 0 Å². The molecule has 0 spiro atoms. The Morgan fingerprint density at radius 1 is 1.03 bits per heavy atom. The van der Waals surface area contributed by atoms with Gasteiger partial charge in [-0.15, -0.1) is 0 Å². The van der Waals surface area contributed by atoms with Crippen molar-refractivity contribution in [2.45, 2.75) is 38.6 Å². The molecule has 6 rings (SSSR count). The van der Waals surface area contributed by atoms with Crippen LogP contribution in [0, 0.1) is 6.92 Å². The predicted molar refractivity (Wildman–Crippen MR) is 133 cm³/mol. The summed E-state index contributed by atoms with van der Waals surface area (Å²) in [5, 5.41) is 7.78. The number of nitrogens with zero attached hydrogens (tertiary/aromatic N) is 5. The Labute approximate surface area is 193 Å². The van der Waals surface area contributed by atoms with Crippen molar-refractivity contribution in [1.29, 1.82) is 0 Å². The Bertz CT molecular complexity index is 1250. The molecule has 1 aromatic carbocycles. The van der Waals surface area contributed by atoms with Crippen LogP contribution < -0.4 is 21.1 Å². The summed E-state index contributed by atoms with van der Waals surface area (Å²) in [6.07, 6.45) is 6.21. The van der Waals surface area contributed by atoms with E-state index in [2.05, 4.69) is 50.5 Å². The van der Waals surface area contributed by atoms with Crippen molar-refractivity contribution < 1.29 is 0 Å². The van der Waals surface area contributed by atoms with Gasteiger partial charge in [0.15, 0.2) is 0 Å². The lowest BCUT2D eigenvalue weighted by Crippen LogP contribution is -2.42. The number of pyridine rings is 1. The van der Waals surface area contributed by atoms with E-state index >= 15 is 0 Å². The third-order valence-electron chi connectivity index (χ3n) is 7.25. The highest BCUT2D eigenvalue weighted by Crippen LogP contribution is 2.37. The van der Waals surface area contributed by atoms with Crippen LogP contribution in [0.1, 0.15) is 37.3 Å². The van der Waals surface area contributed by atoms with Gasteiger partial charge in [0.1, 0.15) is 11.3 Å². The standard InChI is InChI=1S/C25H31N7O/c1-17-6-4-8-20-22(17)26-10-13-31(20)21-14-18-15-28-25-27-9-2-3-11-30-12-5-7-19(16-30)32(24(21)33)23(18)29-25/h4,6,8,14-15,19,26H,2-3,5,7,9-13,16H2,1H3,(H,27,28,29). The fourth-order valence-electron chi connectivity index (χ4n) is 5.60. The zero-order valence-corrected chi connectivity index (χ0v) is 19.2. The third-order valence-corrected chi connectivity index (χ3v) is 7.25. The van der Waals surface area contributed by atoms with Gasteiger partial charge in [-0.3, -0.25) is 9.36 Å². The maximum atomic E-state index is 14.2. The van der Waals surface area contributed by atoms with E-state index in [1.807, 2.05) is 16.8 Å². The first kappa shape index (κ1) is 20.5. The van der Waals surface area contributed by atoms with Crippen molar-refractivity contribution in [2.75, 3.05) is 54.8 Å². The first-order valence-corrected chi connectivity index (χ1v) is 12.2. The third kappa shape index (κ3) is 3.62. The van der Waals surface area contributed by atoms with Gasteiger partial charge in [0.2, 0.25) is 5.95 Å². The maximum Gasteiger partial charge on any atom is 0.276 e.